The summed E-state index contributed by atoms with van der Waals surface area (Å²) < 4.78 is 13.1. The fourth-order valence-electron chi connectivity index (χ4n) is 3.07. The summed E-state index contributed by atoms with van der Waals surface area (Å²) in [6.45, 7) is 4.37. The number of rotatable bonds is 0. The van der Waals surface area contributed by atoms with Crippen LogP contribution in [-0.2, 0) is 0 Å². The Labute approximate surface area is 83.3 Å². The maximum Gasteiger partial charge on any atom is 0.123 e. The molecule has 2 aliphatic rings. The van der Waals surface area contributed by atoms with Crippen molar-refractivity contribution in [2.24, 2.45) is 5.92 Å². The van der Waals surface area contributed by atoms with Gasteiger partial charge in [-0.3, -0.25) is 0 Å². The second-order valence-corrected chi connectivity index (χ2v) is 4.49. The molecule has 1 nitrogen and oxygen atoms in total. The van der Waals surface area contributed by atoms with Crippen molar-refractivity contribution in [1.82, 2.24) is 5.32 Å². The lowest BCUT2D eigenvalue weighted by Crippen LogP contribution is -2.12. The Kier molecular flexibility index (Phi) is 1.68. The number of hydrogen-bond donors (Lipinski definition) is 1. The number of benzene rings is 1. The van der Waals surface area contributed by atoms with E-state index in [4.69, 9.17) is 0 Å². The molecule has 1 fully saturated rings. The van der Waals surface area contributed by atoms with Crippen molar-refractivity contribution in [3.05, 3.63) is 35.1 Å². The van der Waals surface area contributed by atoms with Crippen molar-refractivity contribution in [2.75, 3.05) is 13.1 Å². The minimum absolute atomic E-state index is 0.0940. The summed E-state index contributed by atoms with van der Waals surface area (Å²) in [4.78, 5) is 0. The van der Waals surface area contributed by atoms with E-state index in [0.717, 1.165) is 13.1 Å². The van der Waals surface area contributed by atoms with Crippen molar-refractivity contribution < 1.29 is 4.39 Å². The van der Waals surface area contributed by atoms with Crippen LogP contribution in [0.15, 0.2) is 18.2 Å². The average molecular weight is 191 g/mol. The zero-order chi connectivity index (χ0) is 9.71. The molecule has 0 amide bonds. The number of nitrogens with one attached hydrogen (secondary N) is 1. The van der Waals surface area contributed by atoms with Crippen molar-refractivity contribution in [2.45, 2.75) is 18.8 Å². The van der Waals surface area contributed by atoms with Crippen molar-refractivity contribution >= 4 is 0 Å². The lowest BCUT2D eigenvalue weighted by atomic mass is 9.91. The van der Waals surface area contributed by atoms with E-state index in [1.54, 1.807) is 12.1 Å². The molecule has 0 radical (unpaired) electrons. The van der Waals surface area contributed by atoms with E-state index in [2.05, 4.69) is 12.2 Å². The molecule has 3 rings (SSSR count). The topological polar surface area (TPSA) is 12.0 Å². The minimum Gasteiger partial charge on any atom is -0.316 e. The lowest BCUT2D eigenvalue weighted by Gasteiger charge is -2.12. The number of halogens is 1. The number of fused-ring (bicyclic) bond motifs is 3. The molecule has 74 valence electrons. The van der Waals surface area contributed by atoms with Crippen LogP contribution in [0, 0.1) is 11.7 Å². The van der Waals surface area contributed by atoms with Gasteiger partial charge in [0.15, 0.2) is 0 Å². The molecule has 1 saturated heterocycles. The highest BCUT2D eigenvalue weighted by Gasteiger charge is 2.40. The molecule has 0 unspecified atom stereocenters. The first-order chi connectivity index (χ1) is 6.77. The van der Waals surface area contributed by atoms with E-state index in [-0.39, 0.29) is 5.82 Å². The summed E-state index contributed by atoms with van der Waals surface area (Å²) in [6.07, 6.45) is 0. The predicted molar refractivity (Wildman–Crippen MR) is 53.9 cm³/mol. The molecule has 2 heteroatoms. The van der Waals surface area contributed by atoms with E-state index < -0.39 is 0 Å². The Bertz CT molecular complexity index is 375. The summed E-state index contributed by atoms with van der Waals surface area (Å²) >= 11 is 0. The van der Waals surface area contributed by atoms with Crippen LogP contribution >= 0.6 is 0 Å². The minimum atomic E-state index is -0.0940. The maximum absolute atomic E-state index is 13.1. The van der Waals surface area contributed by atoms with Gasteiger partial charge in [-0.2, -0.15) is 0 Å². The summed E-state index contributed by atoms with van der Waals surface area (Å²) in [5, 5.41) is 3.42. The zero-order valence-corrected chi connectivity index (χ0v) is 8.26. The van der Waals surface area contributed by atoms with Crippen LogP contribution in [0.4, 0.5) is 4.39 Å². The van der Waals surface area contributed by atoms with Crippen LogP contribution in [0.5, 0.6) is 0 Å². The molecule has 1 N–H and O–H groups in total. The first kappa shape index (κ1) is 8.42. The van der Waals surface area contributed by atoms with Crippen LogP contribution < -0.4 is 5.32 Å². The quantitative estimate of drug-likeness (QED) is 0.663. The van der Waals surface area contributed by atoms with Gasteiger partial charge < -0.3 is 5.32 Å². The molecular formula is C12H14FN. The van der Waals surface area contributed by atoms with Gasteiger partial charge in [0.2, 0.25) is 0 Å². The normalized spacial score (nSPS) is 34.3. The monoisotopic (exact) mass is 191 g/mol. The Morgan fingerprint density at radius 3 is 3.00 bits per heavy atom. The Hall–Kier alpha value is -0.890. The van der Waals surface area contributed by atoms with Gasteiger partial charge in [0.25, 0.3) is 0 Å². The summed E-state index contributed by atoms with van der Waals surface area (Å²) in [7, 11) is 0. The maximum atomic E-state index is 13.1. The van der Waals surface area contributed by atoms with Crippen LogP contribution in [0.1, 0.15) is 29.9 Å². The van der Waals surface area contributed by atoms with Crippen LogP contribution in [0.3, 0.4) is 0 Å². The van der Waals surface area contributed by atoms with Gasteiger partial charge in [-0.1, -0.05) is 13.0 Å². The molecule has 1 aliphatic heterocycles. The zero-order valence-electron chi connectivity index (χ0n) is 8.26. The Balaban J connectivity index is 2.13. The molecule has 1 aromatic rings. The van der Waals surface area contributed by atoms with E-state index in [9.17, 15) is 4.39 Å². The second-order valence-electron chi connectivity index (χ2n) is 4.49. The molecule has 14 heavy (non-hydrogen) atoms. The Morgan fingerprint density at radius 2 is 2.14 bits per heavy atom. The van der Waals surface area contributed by atoms with E-state index in [0.29, 0.717) is 17.8 Å². The van der Waals surface area contributed by atoms with E-state index in [1.165, 1.54) is 11.1 Å². The summed E-state index contributed by atoms with van der Waals surface area (Å²) in [5.74, 6) is 1.73. The lowest BCUT2D eigenvalue weighted by molar-refractivity contribution is 0.486. The third kappa shape index (κ3) is 0.976. The van der Waals surface area contributed by atoms with Gasteiger partial charge in [0, 0.05) is 12.5 Å². The highest BCUT2D eigenvalue weighted by atomic mass is 19.1. The molecule has 0 spiro atoms. The molecule has 0 saturated carbocycles. The van der Waals surface area contributed by atoms with Gasteiger partial charge >= 0.3 is 0 Å². The average Bonchev–Trinajstić information content (AvgIpc) is 2.72. The highest BCUT2D eigenvalue weighted by molar-refractivity contribution is 5.41. The van der Waals surface area contributed by atoms with Crippen molar-refractivity contribution in [1.29, 1.82) is 0 Å². The van der Waals surface area contributed by atoms with E-state index >= 15 is 0 Å². The van der Waals surface area contributed by atoms with Crippen molar-refractivity contribution in [3.8, 4) is 0 Å². The molecule has 0 aromatic heterocycles. The highest BCUT2D eigenvalue weighted by Crippen LogP contribution is 2.47. The summed E-state index contributed by atoms with van der Waals surface area (Å²) in [5.41, 5.74) is 2.61. The fraction of sp³-hybridized carbons (Fsp3) is 0.500. The second kappa shape index (κ2) is 2.80. The van der Waals surface area contributed by atoms with Crippen LogP contribution in [-0.4, -0.2) is 13.1 Å². The van der Waals surface area contributed by atoms with Gasteiger partial charge in [-0.15, -0.1) is 0 Å². The van der Waals surface area contributed by atoms with Crippen LogP contribution in [0.25, 0.3) is 0 Å². The molecular weight excluding hydrogens is 177 g/mol. The van der Waals surface area contributed by atoms with Crippen LogP contribution in [0.2, 0.25) is 0 Å². The third-order valence-corrected chi connectivity index (χ3v) is 3.84. The molecule has 1 aromatic carbocycles. The molecule has 3 atom stereocenters. The van der Waals surface area contributed by atoms with Gasteiger partial charge in [-0.05, 0) is 41.6 Å². The standard InChI is InChI=1S/C12H14FN/c1-7-10-4-8(13)2-3-9(10)12-6-14-5-11(7)12/h2-4,7,11-12,14H,5-6H2,1H3/t7-,11-,12+/m1/s1. The smallest absolute Gasteiger partial charge is 0.123 e. The molecule has 1 heterocycles. The molecule has 0 bridgehead atoms. The largest absolute Gasteiger partial charge is 0.316 e. The Morgan fingerprint density at radius 1 is 1.29 bits per heavy atom. The summed E-state index contributed by atoms with van der Waals surface area (Å²) in [6, 6.07) is 5.28. The van der Waals surface area contributed by atoms with E-state index in [1.807, 2.05) is 6.07 Å². The third-order valence-electron chi connectivity index (χ3n) is 3.84. The van der Waals surface area contributed by atoms with Gasteiger partial charge in [0.1, 0.15) is 5.82 Å². The predicted octanol–water partition coefficient (Wildman–Crippen LogP) is 2.25. The van der Waals surface area contributed by atoms with Gasteiger partial charge in [0.05, 0.1) is 0 Å². The van der Waals surface area contributed by atoms with Crippen molar-refractivity contribution in [3.63, 3.8) is 0 Å². The van der Waals surface area contributed by atoms with Gasteiger partial charge in [-0.25, -0.2) is 4.39 Å². The fourth-order valence-corrected chi connectivity index (χ4v) is 3.07. The first-order valence-corrected chi connectivity index (χ1v) is 5.27. The molecule has 1 aliphatic carbocycles. The number of hydrogen-bond acceptors (Lipinski definition) is 1. The first-order valence-electron chi connectivity index (χ1n) is 5.27. The SMILES string of the molecule is C[C@@H]1c2cc(F)ccc2[C@@H]2CNC[C@H]12.